The minimum atomic E-state index is -3.66. The number of rotatable bonds is 9. The summed E-state index contributed by atoms with van der Waals surface area (Å²) in [4.78, 5) is 12.5. The van der Waals surface area contributed by atoms with Gasteiger partial charge in [-0.1, -0.05) is 12.1 Å². The quantitative estimate of drug-likeness (QED) is 0.669. The summed E-state index contributed by atoms with van der Waals surface area (Å²) in [5, 5.41) is 2.76. The molecular formula is C20H24N2O6S. The van der Waals surface area contributed by atoms with Crippen molar-refractivity contribution in [1.29, 1.82) is 0 Å². The van der Waals surface area contributed by atoms with Crippen LogP contribution in [-0.2, 0) is 21.4 Å². The van der Waals surface area contributed by atoms with Crippen molar-refractivity contribution in [3.05, 3.63) is 48.0 Å². The molecule has 8 nitrogen and oxygen atoms in total. The van der Waals surface area contributed by atoms with Crippen molar-refractivity contribution >= 4 is 21.6 Å². The van der Waals surface area contributed by atoms with Crippen molar-refractivity contribution in [3.63, 3.8) is 0 Å². The van der Waals surface area contributed by atoms with Crippen LogP contribution in [0.4, 0.5) is 5.69 Å². The standard InChI is InChI=1S/C20H24N2O6S/c1-3-26-17-8-5-15(6-9-17)12-21-20(23)13-22(29(24,25)4-2)16-7-10-18-19(11-16)28-14-27-18/h5-11H,3-4,12-14H2,1-2H3,(H,21,23). The Hall–Kier alpha value is -2.94. The Kier molecular flexibility index (Phi) is 6.48. The number of amides is 1. The molecule has 156 valence electrons. The third kappa shape index (κ3) is 5.11. The van der Waals surface area contributed by atoms with Gasteiger partial charge in [-0.3, -0.25) is 9.10 Å². The van der Waals surface area contributed by atoms with Gasteiger partial charge in [-0.15, -0.1) is 0 Å². The first kappa shape index (κ1) is 20.8. The van der Waals surface area contributed by atoms with Gasteiger partial charge < -0.3 is 19.5 Å². The van der Waals surface area contributed by atoms with Crippen molar-refractivity contribution in [1.82, 2.24) is 5.32 Å². The highest BCUT2D eigenvalue weighted by Crippen LogP contribution is 2.36. The Morgan fingerprint density at radius 3 is 2.52 bits per heavy atom. The van der Waals surface area contributed by atoms with E-state index in [4.69, 9.17) is 14.2 Å². The van der Waals surface area contributed by atoms with Gasteiger partial charge in [0.15, 0.2) is 11.5 Å². The molecule has 0 aliphatic carbocycles. The molecule has 0 spiro atoms. The Morgan fingerprint density at radius 1 is 1.10 bits per heavy atom. The first-order chi connectivity index (χ1) is 13.9. The number of nitrogens with zero attached hydrogens (tertiary/aromatic N) is 1. The van der Waals surface area contributed by atoms with Crippen molar-refractivity contribution < 1.29 is 27.4 Å². The van der Waals surface area contributed by atoms with Gasteiger partial charge in [0.1, 0.15) is 12.3 Å². The number of nitrogens with one attached hydrogen (secondary N) is 1. The number of hydrogen-bond acceptors (Lipinski definition) is 6. The topological polar surface area (TPSA) is 94.2 Å². The number of fused-ring (bicyclic) bond motifs is 1. The average molecular weight is 420 g/mol. The second-order valence-electron chi connectivity index (χ2n) is 6.30. The Bertz CT molecular complexity index is 959. The molecule has 0 fully saturated rings. The number of ether oxygens (including phenoxy) is 3. The lowest BCUT2D eigenvalue weighted by Crippen LogP contribution is -2.41. The highest BCUT2D eigenvalue weighted by molar-refractivity contribution is 7.92. The molecule has 1 aliphatic heterocycles. The third-order valence-corrected chi connectivity index (χ3v) is 6.10. The van der Waals surface area contributed by atoms with Crippen LogP contribution in [0.25, 0.3) is 0 Å². The van der Waals surface area contributed by atoms with Crippen LogP contribution in [0.3, 0.4) is 0 Å². The van der Waals surface area contributed by atoms with E-state index >= 15 is 0 Å². The summed E-state index contributed by atoms with van der Waals surface area (Å²) in [7, 11) is -3.66. The molecule has 0 saturated carbocycles. The summed E-state index contributed by atoms with van der Waals surface area (Å²) in [5.41, 5.74) is 1.24. The van der Waals surface area contributed by atoms with Gasteiger partial charge >= 0.3 is 0 Å². The minimum absolute atomic E-state index is 0.0852. The summed E-state index contributed by atoms with van der Waals surface area (Å²) in [6.45, 7) is 4.07. The van der Waals surface area contributed by atoms with E-state index in [-0.39, 0.29) is 25.6 Å². The molecule has 1 amide bonds. The maximum absolute atomic E-state index is 12.6. The number of sulfonamides is 1. The number of carbonyl (C=O) groups excluding carboxylic acids is 1. The number of benzene rings is 2. The molecule has 3 rings (SSSR count). The molecule has 1 heterocycles. The molecule has 0 aromatic heterocycles. The zero-order valence-electron chi connectivity index (χ0n) is 16.4. The molecule has 0 bridgehead atoms. The summed E-state index contributed by atoms with van der Waals surface area (Å²) < 4.78 is 42.2. The minimum Gasteiger partial charge on any atom is -0.494 e. The number of anilines is 1. The van der Waals surface area contributed by atoms with Crippen molar-refractivity contribution in [2.24, 2.45) is 0 Å². The van der Waals surface area contributed by atoms with Crippen LogP contribution < -0.4 is 23.8 Å². The predicted molar refractivity (Wildman–Crippen MR) is 109 cm³/mol. The predicted octanol–water partition coefficient (Wildman–Crippen LogP) is 2.29. The van der Waals surface area contributed by atoms with E-state index in [1.165, 1.54) is 6.92 Å². The van der Waals surface area contributed by atoms with Gasteiger partial charge in [0.25, 0.3) is 0 Å². The summed E-state index contributed by atoms with van der Waals surface area (Å²) in [6, 6.07) is 12.1. The van der Waals surface area contributed by atoms with Crippen molar-refractivity contribution in [2.75, 3.05) is 30.0 Å². The molecule has 2 aromatic rings. The molecule has 0 atom stereocenters. The first-order valence-corrected chi connectivity index (χ1v) is 10.9. The lowest BCUT2D eigenvalue weighted by atomic mass is 10.2. The van der Waals surface area contributed by atoms with E-state index in [2.05, 4.69) is 5.32 Å². The van der Waals surface area contributed by atoms with Crippen molar-refractivity contribution in [2.45, 2.75) is 20.4 Å². The van der Waals surface area contributed by atoms with Crippen LogP contribution in [0.15, 0.2) is 42.5 Å². The zero-order valence-corrected chi connectivity index (χ0v) is 17.2. The molecule has 0 radical (unpaired) electrons. The van der Waals surface area contributed by atoms with E-state index in [1.54, 1.807) is 18.2 Å². The fourth-order valence-corrected chi connectivity index (χ4v) is 3.86. The van der Waals surface area contributed by atoms with Crippen LogP contribution in [0.2, 0.25) is 0 Å². The highest BCUT2D eigenvalue weighted by atomic mass is 32.2. The first-order valence-electron chi connectivity index (χ1n) is 9.31. The van der Waals surface area contributed by atoms with Crippen LogP contribution >= 0.6 is 0 Å². The summed E-state index contributed by atoms with van der Waals surface area (Å²) >= 11 is 0. The van der Waals surface area contributed by atoms with Crippen molar-refractivity contribution in [3.8, 4) is 17.2 Å². The Balaban J connectivity index is 1.68. The number of hydrogen-bond donors (Lipinski definition) is 1. The van der Waals surface area contributed by atoms with Crippen LogP contribution in [0.5, 0.6) is 17.2 Å². The molecular weight excluding hydrogens is 396 g/mol. The monoisotopic (exact) mass is 420 g/mol. The third-order valence-electron chi connectivity index (χ3n) is 4.36. The average Bonchev–Trinajstić information content (AvgIpc) is 3.19. The summed E-state index contributed by atoms with van der Waals surface area (Å²) in [5.74, 6) is 1.21. The lowest BCUT2D eigenvalue weighted by Gasteiger charge is -2.23. The fourth-order valence-electron chi connectivity index (χ4n) is 2.80. The maximum Gasteiger partial charge on any atom is 0.241 e. The largest absolute Gasteiger partial charge is 0.494 e. The molecule has 29 heavy (non-hydrogen) atoms. The van der Waals surface area contributed by atoms with E-state index in [9.17, 15) is 13.2 Å². The molecule has 1 aliphatic rings. The van der Waals surface area contributed by atoms with E-state index in [0.29, 0.717) is 23.8 Å². The fraction of sp³-hybridized carbons (Fsp3) is 0.350. The van der Waals surface area contributed by atoms with Gasteiger partial charge in [0, 0.05) is 12.6 Å². The second-order valence-corrected chi connectivity index (χ2v) is 8.48. The van der Waals surface area contributed by atoms with Crippen LogP contribution in [-0.4, -0.2) is 40.0 Å². The zero-order chi connectivity index (χ0) is 20.9. The normalized spacial score (nSPS) is 12.5. The lowest BCUT2D eigenvalue weighted by molar-refractivity contribution is -0.119. The highest BCUT2D eigenvalue weighted by Gasteiger charge is 2.25. The molecule has 0 saturated heterocycles. The smallest absolute Gasteiger partial charge is 0.241 e. The Morgan fingerprint density at radius 2 is 1.83 bits per heavy atom. The summed E-state index contributed by atoms with van der Waals surface area (Å²) in [6.07, 6.45) is 0. The van der Waals surface area contributed by atoms with E-state index in [1.807, 2.05) is 31.2 Å². The van der Waals surface area contributed by atoms with Gasteiger partial charge in [-0.25, -0.2) is 8.42 Å². The van der Waals surface area contributed by atoms with E-state index < -0.39 is 15.9 Å². The second kappa shape index (κ2) is 9.04. The molecule has 2 aromatic carbocycles. The van der Waals surface area contributed by atoms with Crippen LogP contribution in [0, 0.1) is 0 Å². The Labute approximate surface area is 170 Å². The van der Waals surface area contributed by atoms with Gasteiger partial charge in [0.2, 0.25) is 22.7 Å². The van der Waals surface area contributed by atoms with Gasteiger partial charge in [-0.2, -0.15) is 0 Å². The molecule has 0 unspecified atom stereocenters. The maximum atomic E-state index is 12.6. The van der Waals surface area contributed by atoms with Gasteiger partial charge in [-0.05, 0) is 43.7 Å². The SMILES string of the molecule is CCOc1ccc(CNC(=O)CN(c2ccc3c(c2)OCO3)S(=O)(=O)CC)cc1. The number of carbonyl (C=O) groups is 1. The molecule has 9 heteroatoms. The van der Waals surface area contributed by atoms with Crippen LogP contribution in [0.1, 0.15) is 19.4 Å². The van der Waals surface area contributed by atoms with E-state index in [0.717, 1.165) is 15.6 Å². The molecule has 1 N–H and O–H groups in total. The van der Waals surface area contributed by atoms with Gasteiger partial charge in [0.05, 0.1) is 18.0 Å².